The molecule has 2 rings (SSSR count). The number of hydrogen-bond donors (Lipinski definition) is 1. The lowest BCUT2D eigenvalue weighted by molar-refractivity contribution is -0.115. The summed E-state index contributed by atoms with van der Waals surface area (Å²) in [5.74, 6) is -0.259. The van der Waals surface area contributed by atoms with Gasteiger partial charge in [-0.05, 0) is 18.6 Å². The Balaban J connectivity index is 2.16. The van der Waals surface area contributed by atoms with Crippen LogP contribution in [-0.2, 0) is 24.7 Å². The Morgan fingerprint density at radius 1 is 1.38 bits per heavy atom. The summed E-state index contributed by atoms with van der Waals surface area (Å²) in [4.78, 5) is 11.8. The maximum Gasteiger partial charge on any atom is 0.235 e. The fraction of sp³-hybridized carbons (Fsp3) is 0.500. The summed E-state index contributed by atoms with van der Waals surface area (Å²) in [5, 5.41) is 2.58. The normalized spacial score (nSPS) is 16.8. The van der Waals surface area contributed by atoms with Crippen LogP contribution in [0.2, 0.25) is 0 Å². The maximum absolute atomic E-state index is 12.0. The number of sulfonamides is 1. The second kappa shape index (κ2) is 6.98. The molecule has 1 aromatic rings. The fourth-order valence-electron chi connectivity index (χ4n) is 2.37. The Morgan fingerprint density at radius 3 is 2.62 bits per heavy atom. The number of sulfone groups is 1. The van der Waals surface area contributed by atoms with E-state index in [1.807, 2.05) is 0 Å². The van der Waals surface area contributed by atoms with Crippen molar-refractivity contribution in [2.75, 3.05) is 41.0 Å². The molecule has 0 unspecified atom stereocenters. The number of rotatable bonds is 6. The molecule has 1 aliphatic rings. The van der Waals surface area contributed by atoms with Crippen LogP contribution in [0.1, 0.15) is 12.8 Å². The van der Waals surface area contributed by atoms with Crippen LogP contribution < -0.4 is 14.4 Å². The molecule has 0 aliphatic carbocycles. The zero-order valence-electron chi connectivity index (χ0n) is 13.5. The molecule has 0 radical (unpaired) electrons. The number of nitrogens with zero attached hydrogens (tertiary/aromatic N) is 1. The summed E-state index contributed by atoms with van der Waals surface area (Å²) >= 11 is 0. The van der Waals surface area contributed by atoms with Gasteiger partial charge in [0.05, 0.1) is 24.3 Å². The molecule has 0 spiro atoms. The maximum atomic E-state index is 12.0. The van der Waals surface area contributed by atoms with Gasteiger partial charge in [0.1, 0.15) is 15.6 Å². The van der Waals surface area contributed by atoms with Crippen molar-refractivity contribution in [3.63, 3.8) is 0 Å². The summed E-state index contributed by atoms with van der Waals surface area (Å²) in [6.45, 7) is 0.388. The van der Waals surface area contributed by atoms with Crippen molar-refractivity contribution >= 4 is 37.1 Å². The summed E-state index contributed by atoms with van der Waals surface area (Å²) < 4.78 is 52.7. The predicted octanol–water partition coefficient (Wildman–Crippen LogP) is 0.608. The molecule has 8 nitrogen and oxygen atoms in total. The second-order valence-electron chi connectivity index (χ2n) is 5.56. The minimum absolute atomic E-state index is 0.0974. The molecule has 0 saturated carbocycles. The van der Waals surface area contributed by atoms with Crippen LogP contribution in [-0.4, -0.2) is 54.2 Å². The molecule has 1 fully saturated rings. The first-order chi connectivity index (χ1) is 11.1. The molecular weight excluding hydrogens is 356 g/mol. The number of ether oxygens (including phenoxy) is 1. The van der Waals surface area contributed by atoms with Gasteiger partial charge in [-0.3, -0.25) is 9.10 Å². The van der Waals surface area contributed by atoms with Gasteiger partial charge in [-0.1, -0.05) is 0 Å². The number of methoxy groups -OCH3 is 1. The first-order valence-electron chi connectivity index (χ1n) is 7.28. The molecule has 24 heavy (non-hydrogen) atoms. The summed E-state index contributed by atoms with van der Waals surface area (Å²) in [6, 6.07) is 4.64. The lowest BCUT2D eigenvalue weighted by Gasteiger charge is -2.20. The van der Waals surface area contributed by atoms with Crippen molar-refractivity contribution < 1.29 is 26.4 Å². The predicted molar refractivity (Wildman–Crippen MR) is 91.7 cm³/mol. The highest BCUT2D eigenvalue weighted by atomic mass is 32.2. The van der Waals surface area contributed by atoms with Crippen LogP contribution in [0, 0.1) is 0 Å². The third-order valence-electron chi connectivity index (χ3n) is 3.53. The van der Waals surface area contributed by atoms with Gasteiger partial charge < -0.3 is 10.1 Å². The van der Waals surface area contributed by atoms with E-state index in [1.54, 1.807) is 12.1 Å². The zero-order chi connectivity index (χ0) is 18.0. The number of anilines is 2. The van der Waals surface area contributed by atoms with Crippen molar-refractivity contribution in [2.24, 2.45) is 0 Å². The molecule has 0 aromatic heterocycles. The molecule has 1 N–H and O–H groups in total. The van der Waals surface area contributed by atoms with Crippen molar-refractivity contribution in [1.82, 2.24) is 0 Å². The van der Waals surface area contributed by atoms with Crippen molar-refractivity contribution in [3.8, 4) is 5.75 Å². The summed E-state index contributed by atoms with van der Waals surface area (Å²) in [7, 11) is -5.13. The smallest absolute Gasteiger partial charge is 0.235 e. The number of carbonyl (C=O) groups is 1. The molecule has 134 valence electrons. The van der Waals surface area contributed by atoms with E-state index < -0.39 is 25.8 Å². The fourth-order valence-corrected chi connectivity index (χ4v) is 4.50. The van der Waals surface area contributed by atoms with E-state index in [4.69, 9.17) is 4.74 Å². The SMILES string of the molecule is COc1cc(NC(=O)CCS(C)(=O)=O)ccc1N1CCCS1(=O)=O. The van der Waals surface area contributed by atoms with E-state index in [1.165, 1.54) is 17.5 Å². The highest BCUT2D eigenvalue weighted by Gasteiger charge is 2.30. The van der Waals surface area contributed by atoms with Crippen LogP contribution in [0.25, 0.3) is 0 Å². The van der Waals surface area contributed by atoms with Crippen molar-refractivity contribution in [3.05, 3.63) is 18.2 Å². The van der Waals surface area contributed by atoms with Crippen LogP contribution in [0.3, 0.4) is 0 Å². The van der Waals surface area contributed by atoms with Gasteiger partial charge in [-0.15, -0.1) is 0 Å². The van der Waals surface area contributed by atoms with Crippen molar-refractivity contribution in [1.29, 1.82) is 0 Å². The monoisotopic (exact) mass is 376 g/mol. The Bertz CT molecular complexity index is 833. The third kappa shape index (κ3) is 4.60. The third-order valence-corrected chi connectivity index (χ3v) is 6.33. The highest BCUT2D eigenvalue weighted by molar-refractivity contribution is 7.93. The first kappa shape index (κ1) is 18.5. The van der Waals surface area contributed by atoms with E-state index in [0.29, 0.717) is 30.1 Å². The molecule has 0 atom stereocenters. The van der Waals surface area contributed by atoms with Crippen LogP contribution >= 0.6 is 0 Å². The Morgan fingerprint density at radius 2 is 2.08 bits per heavy atom. The van der Waals surface area contributed by atoms with Gasteiger partial charge in [0.15, 0.2) is 0 Å². The lowest BCUT2D eigenvalue weighted by Crippen LogP contribution is -2.25. The van der Waals surface area contributed by atoms with Crippen LogP contribution in [0.5, 0.6) is 5.75 Å². The minimum Gasteiger partial charge on any atom is -0.494 e. The van der Waals surface area contributed by atoms with E-state index in [2.05, 4.69) is 5.32 Å². The number of hydrogen-bond acceptors (Lipinski definition) is 6. The van der Waals surface area contributed by atoms with Crippen LogP contribution in [0.15, 0.2) is 18.2 Å². The minimum atomic E-state index is -3.33. The lowest BCUT2D eigenvalue weighted by atomic mass is 10.2. The molecule has 1 amide bonds. The number of amides is 1. The molecule has 1 aromatic carbocycles. The molecule has 0 bridgehead atoms. The van der Waals surface area contributed by atoms with Crippen LogP contribution in [0.4, 0.5) is 11.4 Å². The Hall–Kier alpha value is -1.81. The van der Waals surface area contributed by atoms with Gasteiger partial charge in [0.2, 0.25) is 15.9 Å². The first-order valence-corrected chi connectivity index (χ1v) is 11.0. The largest absolute Gasteiger partial charge is 0.494 e. The second-order valence-corrected chi connectivity index (χ2v) is 9.83. The van der Waals surface area contributed by atoms with Gasteiger partial charge in [-0.2, -0.15) is 0 Å². The standard InChI is InChI=1S/C14H20N2O6S2/c1-22-13-10-11(15-14(17)6-9-23(2,18)19)4-5-12(13)16-7-3-8-24(16,20)21/h4-5,10H,3,6-9H2,1-2H3,(H,15,17). The van der Waals surface area contributed by atoms with Crippen molar-refractivity contribution in [2.45, 2.75) is 12.8 Å². The average Bonchev–Trinajstić information content (AvgIpc) is 2.83. The molecule has 10 heteroatoms. The summed E-state index contributed by atoms with van der Waals surface area (Å²) in [5.41, 5.74) is 0.829. The Labute approximate surface area is 141 Å². The van der Waals surface area contributed by atoms with E-state index in [-0.39, 0.29) is 17.9 Å². The van der Waals surface area contributed by atoms with E-state index >= 15 is 0 Å². The quantitative estimate of drug-likeness (QED) is 0.779. The van der Waals surface area contributed by atoms with Gasteiger partial charge in [-0.25, -0.2) is 16.8 Å². The molecule has 1 heterocycles. The topological polar surface area (TPSA) is 110 Å². The number of carbonyl (C=O) groups excluding carboxylic acids is 1. The van der Waals surface area contributed by atoms with Gasteiger partial charge in [0, 0.05) is 31.0 Å². The number of nitrogens with one attached hydrogen (secondary N) is 1. The Kier molecular flexibility index (Phi) is 5.38. The average molecular weight is 376 g/mol. The van der Waals surface area contributed by atoms with Gasteiger partial charge >= 0.3 is 0 Å². The summed E-state index contributed by atoms with van der Waals surface area (Å²) in [6.07, 6.45) is 1.47. The molecule has 1 aliphatic heterocycles. The number of benzene rings is 1. The van der Waals surface area contributed by atoms with E-state index in [9.17, 15) is 21.6 Å². The highest BCUT2D eigenvalue weighted by Crippen LogP contribution is 2.35. The van der Waals surface area contributed by atoms with E-state index in [0.717, 1.165) is 6.26 Å². The molecular formula is C14H20N2O6S2. The van der Waals surface area contributed by atoms with Gasteiger partial charge in [0.25, 0.3) is 0 Å². The zero-order valence-corrected chi connectivity index (χ0v) is 15.1. The molecule has 1 saturated heterocycles.